The lowest BCUT2D eigenvalue weighted by molar-refractivity contribution is 0.217. The third kappa shape index (κ3) is 3.93. The van der Waals surface area contributed by atoms with E-state index >= 15 is 0 Å². The molecule has 2 rings (SSSR count). The maximum atomic E-state index is 5.70. The Hall–Kier alpha value is -1.74. The lowest BCUT2D eigenvalue weighted by Gasteiger charge is -2.08. The topological polar surface area (TPSA) is 31.4 Å². The summed E-state index contributed by atoms with van der Waals surface area (Å²) in [5.74, 6) is 1.99. The molecule has 18 heavy (non-hydrogen) atoms. The summed E-state index contributed by atoms with van der Waals surface area (Å²) in [5, 5.41) is 0. The van der Waals surface area contributed by atoms with Crippen molar-refractivity contribution in [1.82, 2.24) is 4.98 Å². The zero-order valence-corrected chi connectivity index (χ0v) is 10.6. The largest absolute Gasteiger partial charge is 0.490 e. The van der Waals surface area contributed by atoms with Crippen LogP contribution in [0.15, 0.2) is 48.7 Å². The fraction of sp³-hybridized carbons (Fsp3) is 0.214. The number of nitrogens with zero attached hydrogens (tertiary/aromatic N) is 1. The van der Waals surface area contributed by atoms with Gasteiger partial charge in [0.05, 0.1) is 11.6 Å². The molecule has 0 spiro atoms. The Kier molecular flexibility index (Phi) is 4.85. The van der Waals surface area contributed by atoms with Crippen LogP contribution in [0.1, 0.15) is 5.69 Å². The van der Waals surface area contributed by atoms with Crippen molar-refractivity contribution < 1.29 is 9.47 Å². The Morgan fingerprint density at radius 1 is 0.944 bits per heavy atom. The smallest absolute Gasteiger partial charge is 0.122 e. The van der Waals surface area contributed by atoms with Crippen molar-refractivity contribution in [2.75, 3.05) is 13.2 Å². The molecule has 0 N–H and O–H groups in total. The summed E-state index contributed by atoms with van der Waals surface area (Å²) in [6, 6.07) is 13.3. The van der Waals surface area contributed by atoms with Gasteiger partial charge in [0, 0.05) is 12.3 Å². The van der Waals surface area contributed by atoms with Crippen molar-refractivity contribution in [1.29, 1.82) is 0 Å². The first-order chi connectivity index (χ1) is 8.88. The number of ether oxygens (including phenoxy) is 2. The summed E-state index contributed by atoms with van der Waals surface area (Å²) in [6.45, 7) is 0.989. The zero-order chi connectivity index (χ0) is 12.6. The van der Waals surface area contributed by atoms with Crippen molar-refractivity contribution in [2.45, 2.75) is 5.88 Å². The number of aromatic nitrogens is 1. The van der Waals surface area contributed by atoms with Crippen LogP contribution in [0.2, 0.25) is 0 Å². The van der Waals surface area contributed by atoms with Crippen LogP contribution in [0.4, 0.5) is 0 Å². The van der Waals surface area contributed by atoms with Gasteiger partial charge >= 0.3 is 0 Å². The number of para-hydroxylation sites is 1. The van der Waals surface area contributed by atoms with E-state index in [4.69, 9.17) is 21.1 Å². The quantitative estimate of drug-likeness (QED) is 0.592. The Labute approximate surface area is 111 Å². The van der Waals surface area contributed by atoms with E-state index in [9.17, 15) is 0 Å². The van der Waals surface area contributed by atoms with Crippen molar-refractivity contribution in [2.24, 2.45) is 0 Å². The van der Waals surface area contributed by atoms with Crippen molar-refractivity contribution in [3.05, 3.63) is 54.4 Å². The number of pyridine rings is 1. The summed E-state index contributed by atoms with van der Waals surface area (Å²) < 4.78 is 11.1. The number of halogens is 1. The van der Waals surface area contributed by atoms with E-state index in [1.165, 1.54) is 0 Å². The minimum atomic E-state index is 0.387. The van der Waals surface area contributed by atoms with E-state index in [2.05, 4.69) is 4.98 Å². The van der Waals surface area contributed by atoms with Gasteiger partial charge in [0.1, 0.15) is 24.7 Å². The Morgan fingerprint density at radius 2 is 1.67 bits per heavy atom. The monoisotopic (exact) mass is 263 g/mol. The fourth-order valence-electron chi connectivity index (χ4n) is 1.45. The number of rotatable bonds is 6. The molecule has 94 valence electrons. The minimum Gasteiger partial charge on any atom is -0.490 e. The molecule has 0 aliphatic carbocycles. The second-order valence-corrected chi connectivity index (χ2v) is 3.89. The summed E-state index contributed by atoms with van der Waals surface area (Å²) >= 11 is 5.70. The van der Waals surface area contributed by atoms with Crippen LogP contribution in [0.3, 0.4) is 0 Å². The molecular weight excluding hydrogens is 250 g/mol. The second-order valence-electron chi connectivity index (χ2n) is 3.63. The highest BCUT2D eigenvalue weighted by Crippen LogP contribution is 2.12. The highest BCUT2D eigenvalue weighted by atomic mass is 35.5. The van der Waals surface area contributed by atoms with Gasteiger partial charge in [-0.15, -0.1) is 11.6 Å². The molecule has 3 nitrogen and oxygen atoms in total. The second kappa shape index (κ2) is 6.87. The normalized spacial score (nSPS) is 10.1. The maximum Gasteiger partial charge on any atom is 0.122 e. The Bertz CT molecular complexity index is 476. The summed E-state index contributed by atoms with van der Waals surface area (Å²) in [6.07, 6.45) is 1.69. The fourth-order valence-corrected chi connectivity index (χ4v) is 1.60. The van der Waals surface area contributed by atoms with Gasteiger partial charge in [-0.25, -0.2) is 0 Å². The van der Waals surface area contributed by atoms with Crippen LogP contribution < -0.4 is 9.47 Å². The maximum absolute atomic E-state index is 5.70. The average Bonchev–Trinajstić information content (AvgIpc) is 2.45. The predicted molar refractivity (Wildman–Crippen MR) is 71.2 cm³/mol. The minimum absolute atomic E-state index is 0.387. The van der Waals surface area contributed by atoms with Gasteiger partial charge in [0.25, 0.3) is 0 Å². The summed E-state index contributed by atoms with van der Waals surface area (Å²) in [5.41, 5.74) is 0.804. The van der Waals surface area contributed by atoms with Crippen LogP contribution in [-0.2, 0) is 5.88 Å². The number of benzene rings is 1. The van der Waals surface area contributed by atoms with Gasteiger partial charge in [-0.05, 0) is 18.2 Å². The van der Waals surface area contributed by atoms with Gasteiger partial charge in [0.2, 0.25) is 0 Å². The van der Waals surface area contributed by atoms with Gasteiger partial charge < -0.3 is 9.47 Å². The molecule has 1 aromatic heterocycles. The molecule has 1 heterocycles. The highest BCUT2D eigenvalue weighted by molar-refractivity contribution is 6.16. The molecule has 0 saturated carbocycles. The predicted octanol–water partition coefficient (Wildman–Crippen LogP) is 3.28. The third-order valence-electron chi connectivity index (χ3n) is 2.29. The lowest BCUT2D eigenvalue weighted by atomic mass is 10.3. The van der Waals surface area contributed by atoms with E-state index in [1.54, 1.807) is 12.3 Å². The van der Waals surface area contributed by atoms with Crippen LogP contribution >= 0.6 is 11.6 Å². The lowest BCUT2D eigenvalue weighted by Crippen LogP contribution is -2.09. The highest BCUT2D eigenvalue weighted by Gasteiger charge is 1.97. The first kappa shape index (κ1) is 12.7. The molecule has 0 amide bonds. The summed E-state index contributed by atoms with van der Waals surface area (Å²) in [7, 11) is 0. The molecule has 4 heteroatoms. The van der Waals surface area contributed by atoms with Crippen molar-refractivity contribution >= 4 is 11.6 Å². The van der Waals surface area contributed by atoms with E-state index in [-0.39, 0.29) is 0 Å². The third-order valence-corrected chi connectivity index (χ3v) is 2.56. The van der Waals surface area contributed by atoms with Gasteiger partial charge in [-0.1, -0.05) is 18.2 Å². The molecule has 0 aliphatic rings. The SMILES string of the molecule is ClCc1cc(OCCOc2ccccc2)ccn1. The van der Waals surface area contributed by atoms with Gasteiger partial charge in [-0.3, -0.25) is 4.98 Å². The zero-order valence-electron chi connectivity index (χ0n) is 9.88. The van der Waals surface area contributed by atoms with E-state index in [0.717, 1.165) is 17.2 Å². The summed E-state index contributed by atoms with van der Waals surface area (Å²) in [4.78, 5) is 4.09. The first-order valence-electron chi connectivity index (χ1n) is 5.70. The van der Waals surface area contributed by atoms with Crippen LogP contribution in [0.25, 0.3) is 0 Å². The van der Waals surface area contributed by atoms with E-state index in [1.807, 2.05) is 36.4 Å². The van der Waals surface area contributed by atoms with Gasteiger partial charge in [0.15, 0.2) is 0 Å². The standard InChI is InChI=1S/C14H14ClNO2/c15-11-12-10-14(6-7-16-12)18-9-8-17-13-4-2-1-3-5-13/h1-7,10H,8-9,11H2. The molecule has 0 aliphatic heterocycles. The Balaban J connectivity index is 1.75. The number of alkyl halides is 1. The molecule has 0 bridgehead atoms. The number of hydrogen-bond acceptors (Lipinski definition) is 3. The first-order valence-corrected chi connectivity index (χ1v) is 6.23. The molecule has 0 saturated heterocycles. The van der Waals surface area contributed by atoms with Crippen molar-refractivity contribution in [3.63, 3.8) is 0 Å². The molecule has 0 radical (unpaired) electrons. The van der Waals surface area contributed by atoms with E-state index < -0.39 is 0 Å². The van der Waals surface area contributed by atoms with Crippen LogP contribution in [0.5, 0.6) is 11.5 Å². The van der Waals surface area contributed by atoms with Crippen LogP contribution in [-0.4, -0.2) is 18.2 Å². The van der Waals surface area contributed by atoms with Gasteiger partial charge in [-0.2, -0.15) is 0 Å². The van der Waals surface area contributed by atoms with Crippen LogP contribution in [0, 0.1) is 0 Å². The Morgan fingerprint density at radius 3 is 2.39 bits per heavy atom. The molecule has 1 aromatic carbocycles. The molecule has 2 aromatic rings. The molecule has 0 fully saturated rings. The van der Waals surface area contributed by atoms with Crippen molar-refractivity contribution in [3.8, 4) is 11.5 Å². The van der Waals surface area contributed by atoms with E-state index in [0.29, 0.717) is 19.1 Å². The average molecular weight is 264 g/mol. The molecule has 0 unspecified atom stereocenters. The number of hydrogen-bond donors (Lipinski definition) is 0. The molecule has 0 atom stereocenters. The molecular formula is C14H14ClNO2.